The van der Waals surface area contributed by atoms with Crippen LogP contribution in [0.5, 0.6) is 0 Å². The van der Waals surface area contributed by atoms with Crippen LogP contribution in [0.2, 0.25) is 0 Å². The van der Waals surface area contributed by atoms with Crippen molar-refractivity contribution in [1.82, 2.24) is 0 Å². The van der Waals surface area contributed by atoms with E-state index in [1.165, 1.54) is 5.54 Å². The van der Waals surface area contributed by atoms with Crippen LogP contribution in [0.25, 0.3) is 6.08 Å². The van der Waals surface area contributed by atoms with Crippen LogP contribution in [0.3, 0.4) is 0 Å². The van der Waals surface area contributed by atoms with Gasteiger partial charge < -0.3 is 0 Å². The van der Waals surface area contributed by atoms with Gasteiger partial charge >= 0.3 is 0 Å². The maximum Gasteiger partial charge on any atom is 0.00484 e. The summed E-state index contributed by atoms with van der Waals surface area (Å²) in [7, 11) is 0. The zero-order valence-corrected chi connectivity index (χ0v) is 6.90. The highest BCUT2D eigenvalue weighted by atomic mass is 35.5. The minimum atomic E-state index is 0. The molecule has 0 spiro atoms. The fourth-order valence-electron chi connectivity index (χ4n) is 0.637. The molecule has 0 fully saturated rings. The molecular formula is C8H8Cl2. The van der Waals surface area contributed by atoms with Gasteiger partial charge in [-0.25, -0.2) is 0 Å². The van der Waals surface area contributed by atoms with Gasteiger partial charge in [-0.05, 0) is 11.6 Å². The predicted octanol–water partition coefficient (Wildman–Crippen LogP) is 3.32. The molecule has 0 aliphatic heterocycles. The minimum Gasteiger partial charge on any atom is -0.147 e. The first-order valence-electron chi connectivity index (χ1n) is 2.75. The summed E-state index contributed by atoms with van der Waals surface area (Å²) in [5, 5.41) is 0. The Kier molecular flexibility index (Phi) is 5.09. The maximum absolute atomic E-state index is 5.36. The van der Waals surface area contributed by atoms with E-state index < -0.39 is 0 Å². The molecule has 0 aliphatic carbocycles. The fourth-order valence-corrected chi connectivity index (χ4v) is 0.782. The largest absolute Gasteiger partial charge is 0.147 e. The summed E-state index contributed by atoms with van der Waals surface area (Å²) in [6.07, 6.45) is 1.85. The van der Waals surface area contributed by atoms with Crippen molar-refractivity contribution in [3.8, 4) is 0 Å². The van der Waals surface area contributed by atoms with Gasteiger partial charge in [0, 0.05) is 5.54 Å². The Labute approximate surface area is 71.9 Å². The molecule has 54 valence electrons. The van der Waals surface area contributed by atoms with Crippen LogP contribution < -0.4 is 0 Å². The summed E-state index contributed by atoms with van der Waals surface area (Å²) in [5.74, 6) is 0. The average molecular weight is 175 g/mol. The van der Waals surface area contributed by atoms with E-state index in [1.54, 1.807) is 0 Å². The van der Waals surface area contributed by atoms with Crippen LogP contribution in [0, 0.1) is 0 Å². The van der Waals surface area contributed by atoms with Crippen molar-refractivity contribution in [3.63, 3.8) is 0 Å². The predicted molar refractivity (Wildman–Crippen MR) is 48.6 cm³/mol. The van der Waals surface area contributed by atoms with Gasteiger partial charge in [-0.2, -0.15) is 0 Å². The van der Waals surface area contributed by atoms with Crippen molar-refractivity contribution in [3.05, 3.63) is 41.4 Å². The van der Waals surface area contributed by atoms with E-state index in [1.807, 2.05) is 36.4 Å². The minimum absolute atomic E-state index is 0. The lowest BCUT2D eigenvalue weighted by Crippen LogP contribution is -1.64. The van der Waals surface area contributed by atoms with E-state index >= 15 is 0 Å². The summed E-state index contributed by atoms with van der Waals surface area (Å²) in [6, 6.07) is 9.93. The standard InChI is InChI=1S/C8H7Cl.ClH/c9-7-6-8-4-2-1-3-5-8;/h1-7H;1H. The Hall–Kier alpha value is -0.460. The van der Waals surface area contributed by atoms with Gasteiger partial charge in [0.1, 0.15) is 0 Å². The van der Waals surface area contributed by atoms with Gasteiger partial charge in [-0.3, -0.25) is 0 Å². The highest BCUT2D eigenvalue weighted by Crippen LogP contribution is 2.00. The normalized spacial score (nSPS) is 9.30. The van der Waals surface area contributed by atoms with Gasteiger partial charge in [-0.1, -0.05) is 41.9 Å². The van der Waals surface area contributed by atoms with Crippen molar-refractivity contribution < 1.29 is 0 Å². The molecule has 10 heavy (non-hydrogen) atoms. The Morgan fingerprint density at radius 3 is 2.20 bits per heavy atom. The first-order chi connectivity index (χ1) is 4.43. The van der Waals surface area contributed by atoms with E-state index in [0.717, 1.165) is 5.56 Å². The Balaban J connectivity index is 0.000000810. The molecule has 0 unspecified atom stereocenters. The quantitative estimate of drug-likeness (QED) is 0.614. The lowest BCUT2D eigenvalue weighted by molar-refractivity contribution is 1.66. The van der Waals surface area contributed by atoms with Gasteiger partial charge in [0.15, 0.2) is 0 Å². The topological polar surface area (TPSA) is 0 Å². The van der Waals surface area contributed by atoms with E-state index in [4.69, 9.17) is 11.6 Å². The van der Waals surface area contributed by atoms with Crippen molar-refractivity contribution >= 4 is 30.1 Å². The Bertz CT molecular complexity index is 192. The molecule has 0 N–H and O–H groups in total. The fraction of sp³-hybridized carbons (Fsp3) is 0. The van der Waals surface area contributed by atoms with Crippen LogP contribution in [0.1, 0.15) is 5.56 Å². The molecule has 0 atom stereocenters. The van der Waals surface area contributed by atoms with Gasteiger partial charge in [-0.15, -0.1) is 12.4 Å². The molecule has 1 aromatic carbocycles. The van der Waals surface area contributed by atoms with Crippen molar-refractivity contribution in [2.75, 3.05) is 0 Å². The summed E-state index contributed by atoms with van der Waals surface area (Å²) in [6.45, 7) is 0. The molecule has 0 radical (unpaired) electrons. The molecule has 0 heterocycles. The summed E-state index contributed by atoms with van der Waals surface area (Å²) < 4.78 is 0. The molecule has 1 rings (SSSR count). The van der Waals surface area contributed by atoms with E-state index in [9.17, 15) is 0 Å². The molecule has 0 saturated heterocycles. The molecule has 0 nitrogen and oxygen atoms in total. The average Bonchev–Trinajstić information content (AvgIpc) is 1.91. The zero-order chi connectivity index (χ0) is 6.53. The van der Waals surface area contributed by atoms with E-state index in [-0.39, 0.29) is 12.4 Å². The smallest absolute Gasteiger partial charge is 0.00484 e. The van der Waals surface area contributed by atoms with Crippen LogP contribution in [-0.4, -0.2) is 0 Å². The van der Waals surface area contributed by atoms with Crippen molar-refractivity contribution in [2.24, 2.45) is 0 Å². The molecule has 2 heteroatoms. The first kappa shape index (κ1) is 9.54. The van der Waals surface area contributed by atoms with Crippen molar-refractivity contribution in [2.45, 2.75) is 0 Å². The van der Waals surface area contributed by atoms with Crippen LogP contribution >= 0.6 is 24.0 Å². The van der Waals surface area contributed by atoms with Gasteiger partial charge in [0.05, 0.1) is 0 Å². The highest BCUT2D eigenvalue weighted by Gasteiger charge is 1.78. The lowest BCUT2D eigenvalue weighted by Gasteiger charge is -1.86. The van der Waals surface area contributed by atoms with Crippen LogP contribution in [0.4, 0.5) is 0 Å². The number of halogens is 2. The number of hydrogen-bond acceptors (Lipinski definition) is 0. The van der Waals surface area contributed by atoms with Gasteiger partial charge in [0.2, 0.25) is 0 Å². The number of hydrogen-bond donors (Lipinski definition) is 0. The second-order valence-corrected chi connectivity index (χ2v) is 1.96. The van der Waals surface area contributed by atoms with E-state index in [2.05, 4.69) is 0 Å². The highest BCUT2D eigenvalue weighted by molar-refractivity contribution is 6.27. The molecular weight excluding hydrogens is 167 g/mol. The Morgan fingerprint density at radius 1 is 1.10 bits per heavy atom. The van der Waals surface area contributed by atoms with E-state index in [0.29, 0.717) is 0 Å². The second kappa shape index (κ2) is 5.33. The molecule has 0 aliphatic rings. The summed E-state index contributed by atoms with van der Waals surface area (Å²) in [4.78, 5) is 0. The summed E-state index contributed by atoms with van der Waals surface area (Å²) >= 11 is 5.36. The number of benzene rings is 1. The molecule has 0 bridgehead atoms. The molecule has 0 aromatic heterocycles. The first-order valence-corrected chi connectivity index (χ1v) is 3.19. The van der Waals surface area contributed by atoms with Gasteiger partial charge in [0.25, 0.3) is 0 Å². The third-order valence-corrected chi connectivity index (χ3v) is 1.18. The third kappa shape index (κ3) is 2.90. The maximum atomic E-state index is 5.36. The second-order valence-electron chi connectivity index (χ2n) is 1.70. The van der Waals surface area contributed by atoms with Crippen LogP contribution in [-0.2, 0) is 0 Å². The SMILES string of the molecule is Cl.ClC=Cc1ccccc1. The van der Waals surface area contributed by atoms with Crippen LogP contribution in [0.15, 0.2) is 35.9 Å². The Morgan fingerprint density at radius 2 is 1.70 bits per heavy atom. The zero-order valence-electron chi connectivity index (χ0n) is 5.33. The monoisotopic (exact) mass is 174 g/mol. The lowest BCUT2D eigenvalue weighted by atomic mass is 10.2. The molecule has 1 aromatic rings. The molecule has 0 saturated carbocycles. The molecule has 0 amide bonds. The number of rotatable bonds is 1. The third-order valence-electron chi connectivity index (χ3n) is 1.06. The summed E-state index contributed by atoms with van der Waals surface area (Å²) in [5.41, 5.74) is 2.64. The van der Waals surface area contributed by atoms with Crippen molar-refractivity contribution in [1.29, 1.82) is 0 Å².